The van der Waals surface area contributed by atoms with Crippen LogP contribution in [0.3, 0.4) is 0 Å². The average molecular weight is 424 g/mol. The summed E-state index contributed by atoms with van der Waals surface area (Å²) < 4.78 is 25.1. The predicted molar refractivity (Wildman–Crippen MR) is 121 cm³/mol. The molecule has 1 heterocycles. The molecule has 1 unspecified atom stereocenters. The number of piperidine rings is 1. The molecule has 7 heteroatoms. The minimum absolute atomic E-state index is 0.0481. The molecule has 0 spiro atoms. The van der Waals surface area contributed by atoms with Crippen LogP contribution in [0.2, 0.25) is 0 Å². The van der Waals surface area contributed by atoms with Crippen molar-refractivity contribution in [3.63, 3.8) is 0 Å². The molecule has 0 aliphatic carbocycles. The zero-order valence-corrected chi connectivity index (χ0v) is 18.9. The molecule has 1 saturated heterocycles. The molecule has 1 aromatic rings. The van der Waals surface area contributed by atoms with Gasteiger partial charge in [0.25, 0.3) is 6.43 Å². The van der Waals surface area contributed by atoms with E-state index in [0.29, 0.717) is 13.1 Å². The third-order valence-electron chi connectivity index (χ3n) is 6.32. The van der Waals surface area contributed by atoms with Crippen LogP contribution in [-0.4, -0.2) is 62.1 Å². The number of aliphatic imine (C=N–C) groups is 1. The van der Waals surface area contributed by atoms with Gasteiger partial charge in [-0.3, -0.25) is 9.89 Å². The van der Waals surface area contributed by atoms with Crippen molar-refractivity contribution in [1.29, 1.82) is 0 Å². The topological polar surface area (TPSA) is 51.7 Å². The van der Waals surface area contributed by atoms with Gasteiger partial charge in [-0.05, 0) is 38.2 Å². The number of halogens is 2. The Hall–Kier alpha value is -1.73. The van der Waals surface area contributed by atoms with Gasteiger partial charge in [0.15, 0.2) is 5.96 Å². The average Bonchev–Trinajstić information content (AvgIpc) is 2.77. The van der Waals surface area contributed by atoms with Crippen LogP contribution >= 0.6 is 0 Å². The Labute approximate surface area is 180 Å². The molecule has 0 amide bonds. The molecule has 1 atom stereocenters. The summed E-state index contributed by atoms with van der Waals surface area (Å²) >= 11 is 0. The number of nitrogens with zero attached hydrogens (tertiary/aromatic N) is 2. The molecule has 1 aliphatic heterocycles. The summed E-state index contributed by atoms with van der Waals surface area (Å²) in [7, 11) is 1.78. The lowest BCUT2D eigenvalue weighted by molar-refractivity contribution is 0.0744. The van der Waals surface area contributed by atoms with E-state index in [0.717, 1.165) is 38.2 Å². The van der Waals surface area contributed by atoms with Gasteiger partial charge in [0.2, 0.25) is 0 Å². The first-order valence-corrected chi connectivity index (χ1v) is 11.2. The van der Waals surface area contributed by atoms with Crippen LogP contribution in [0.25, 0.3) is 0 Å². The number of hydrogen-bond donors (Lipinski definition) is 3. The molecule has 3 N–H and O–H groups in total. The van der Waals surface area contributed by atoms with Gasteiger partial charge in [-0.25, -0.2) is 8.78 Å². The van der Waals surface area contributed by atoms with Crippen molar-refractivity contribution in [2.24, 2.45) is 4.99 Å². The largest absolute Gasteiger partial charge is 0.355 e. The van der Waals surface area contributed by atoms with Crippen molar-refractivity contribution in [1.82, 2.24) is 20.9 Å². The Morgan fingerprint density at radius 1 is 1.17 bits per heavy atom. The fourth-order valence-electron chi connectivity index (χ4n) is 4.14. The highest BCUT2D eigenvalue weighted by Crippen LogP contribution is 2.21. The smallest absolute Gasteiger partial charge is 0.251 e. The molecule has 0 radical (unpaired) electrons. The molecule has 1 aliphatic rings. The molecular formula is C23H39F2N5. The number of guanidine groups is 1. The van der Waals surface area contributed by atoms with Crippen LogP contribution < -0.4 is 16.0 Å². The second-order valence-electron chi connectivity index (χ2n) is 8.30. The molecule has 2 rings (SSSR count). The predicted octanol–water partition coefficient (Wildman–Crippen LogP) is 3.79. The van der Waals surface area contributed by atoms with Crippen molar-refractivity contribution >= 4 is 5.96 Å². The van der Waals surface area contributed by atoms with E-state index in [-0.39, 0.29) is 24.2 Å². The van der Waals surface area contributed by atoms with E-state index in [1.807, 2.05) is 11.0 Å². The van der Waals surface area contributed by atoms with Crippen molar-refractivity contribution in [2.45, 2.75) is 70.5 Å². The maximum atomic E-state index is 12.6. The van der Waals surface area contributed by atoms with E-state index in [1.54, 1.807) is 7.05 Å². The minimum atomic E-state index is -2.26. The van der Waals surface area contributed by atoms with Crippen molar-refractivity contribution in [3.05, 3.63) is 35.9 Å². The molecule has 0 aromatic heterocycles. The highest BCUT2D eigenvalue weighted by atomic mass is 19.3. The number of alkyl halides is 2. The summed E-state index contributed by atoms with van der Waals surface area (Å²) in [4.78, 5) is 6.23. The molecule has 1 fully saturated rings. The summed E-state index contributed by atoms with van der Waals surface area (Å²) in [6.45, 7) is 8.67. The van der Waals surface area contributed by atoms with E-state index in [1.165, 1.54) is 5.56 Å². The third-order valence-corrected chi connectivity index (χ3v) is 6.32. The van der Waals surface area contributed by atoms with Gasteiger partial charge in [-0.15, -0.1) is 0 Å². The summed E-state index contributed by atoms with van der Waals surface area (Å²) in [5.74, 6) is 0.780. The van der Waals surface area contributed by atoms with Gasteiger partial charge < -0.3 is 16.0 Å². The van der Waals surface area contributed by atoms with E-state index in [9.17, 15) is 8.78 Å². The van der Waals surface area contributed by atoms with Crippen LogP contribution in [0.5, 0.6) is 0 Å². The molecule has 0 saturated carbocycles. The minimum Gasteiger partial charge on any atom is -0.355 e. The molecular weight excluding hydrogens is 384 g/mol. The lowest BCUT2D eigenvalue weighted by Crippen LogP contribution is -2.56. The Morgan fingerprint density at radius 3 is 2.33 bits per heavy atom. The molecule has 0 bridgehead atoms. The zero-order chi connectivity index (χ0) is 22.0. The number of benzene rings is 1. The third kappa shape index (κ3) is 7.51. The highest BCUT2D eigenvalue weighted by molar-refractivity contribution is 5.80. The van der Waals surface area contributed by atoms with Gasteiger partial charge in [-0.2, -0.15) is 0 Å². The zero-order valence-electron chi connectivity index (χ0n) is 18.9. The first-order valence-electron chi connectivity index (χ1n) is 11.2. The Bertz CT molecular complexity index is 626. The van der Waals surface area contributed by atoms with Gasteiger partial charge in [0.1, 0.15) is 0 Å². The van der Waals surface area contributed by atoms with Gasteiger partial charge in [-0.1, -0.05) is 44.2 Å². The Kier molecular flexibility index (Phi) is 9.98. The van der Waals surface area contributed by atoms with Crippen LogP contribution in [0.1, 0.15) is 58.1 Å². The lowest BCUT2D eigenvalue weighted by atomic mass is 9.90. The maximum Gasteiger partial charge on any atom is 0.251 e. The summed E-state index contributed by atoms with van der Waals surface area (Å²) in [6, 6.07) is 11.0. The first-order chi connectivity index (χ1) is 14.4. The van der Waals surface area contributed by atoms with Crippen molar-refractivity contribution < 1.29 is 8.78 Å². The number of likely N-dealkylation sites (tertiary alicyclic amines) is 1. The summed E-state index contributed by atoms with van der Waals surface area (Å²) in [5, 5.41) is 10.8. The highest BCUT2D eigenvalue weighted by Gasteiger charge is 2.29. The fraction of sp³-hybridized carbons (Fsp3) is 0.696. The fourth-order valence-corrected chi connectivity index (χ4v) is 4.14. The SMILES string of the molecule is CCC(CC)(CNC(=NC)NC1CCN(CC(F)F)CC1)NC(C)c1ccccc1. The number of nitrogens with one attached hydrogen (secondary N) is 3. The van der Waals surface area contributed by atoms with Crippen LogP contribution in [-0.2, 0) is 0 Å². The lowest BCUT2D eigenvalue weighted by Gasteiger charge is -2.37. The summed E-state index contributed by atoms with van der Waals surface area (Å²) in [6.07, 6.45) is 1.44. The maximum absolute atomic E-state index is 12.6. The van der Waals surface area contributed by atoms with E-state index >= 15 is 0 Å². The molecule has 170 valence electrons. The van der Waals surface area contributed by atoms with Gasteiger partial charge in [0, 0.05) is 44.3 Å². The normalized spacial score (nSPS) is 17.9. The second kappa shape index (κ2) is 12.2. The Balaban J connectivity index is 1.88. The van der Waals surface area contributed by atoms with Crippen molar-refractivity contribution in [2.75, 3.05) is 33.2 Å². The van der Waals surface area contributed by atoms with E-state index in [2.05, 4.69) is 66.0 Å². The van der Waals surface area contributed by atoms with Gasteiger partial charge in [0.05, 0.1) is 6.54 Å². The van der Waals surface area contributed by atoms with Gasteiger partial charge >= 0.3 is 0 Å². The molecule has 30 heavy (non-hydrogen) atoms. The number of hydrogen-bond acceptors (Lipinski definition) is 3. The van der Waals surface area contributed by atoms with Crippen molar-refractivity contribution in [3.8, 4) is 0 Å². The monoisotopic (exact) mass is 423 g/mol. The molecule has 5 nitrogen and oxygen atoms in total. The molecule has 1 aromatic carbocycles. The summed E-state index contributed by atoms with van der Waals surface area (Å²) in [5.41, 5.74) is 1.23. The first kappa shape index (κ1) is 24.5. The second-order valence-corrected chi connectivity index (χ2v) is 8.30. The standard InChI is InChI=1S/C23H39F2N5/c1-5-23(6-2,29-18(3)19-10-8-7-9-11-19)17-27-22(26-4)28-20-12-14-30(15-13-20)16-21(24)25/h7-11,18,20-21,29H,5-6,12-17H2,1-4H3,(H2,26,27,28). The van der Waals surface area contributed by atoms with Crippen LogP contribution in [0.4, 0.5) is 8.78 Å². The Morgan fingerprint density at radius 2 is 1.80 bits per heavy atom. The number of rotatable bonds is 10. The van der Waals surface area contributed by atoms with E-state index < -0.39 is 6.43 Å². The van der Waals surface area contributed by atoms with Crippen LogP contribution in [0, 0.1) is 0 Å². The van der Waals surface area contributed by atoms with Crippen LogP contribution in [0.15, 0.2) is 35.3 Å². The quantitative estimate of drug-likeness (QED) is 0.396. The van der Waals surface area contributed by atoms with E-state index in [4.69, 9.17) is 0 Å².